The first-order chi connectivity index (χ1) is 11.1. The topological polar surface area (TPSA) is 67.8 Å². The lowest BCUT2D eigenvalue weighted by Crippen LogP contribution is -2.52. The fourth-order valence-electron chi connectivity index (χ4n) is 3.99. The van der Waals surface area contributed by atoms with Crippen LogP contribution in [0, 0.1) is 6.92 Å². The van der Waals surface area contributed by atoms with Gasteiger partial charge in [0.15, 0.2) is 0 Å². The van der Waals surface area contributed by atoms with E-state index in [1.807, 2.05) is 6.92 Å². The summed E-state index contributed by atoms with van der Waals surface area (Å²) in [5.41, 5.74) is 2.33. The molecule has 0 unspecified atom stereocenters. The van der Waals surface area contributed by atoms with Crippen LogP contribution in [0.2, 0.25) is 0 Å². The van der Waals surface area contributed by atoms with E-state index in [4.69, 9.17) is 0 Å². The highest BCUT2D eigenvalue weighted by molar-refractivity contribution is 5.52. The lowest BCUT2D eigenvalue weighted by Gasteiger charge is -2.37. The molecule has 0 radical (unpaired) electrons. The molecule has 7 nitrogen and oxygen atoms in total. The second kappa shape index (κ2) is 5.98. The number of aliphatic hydroxyl groups excluding tert-OH is 1. The van der Waals surface area contributed by atoms with E-state index in [9.17, 15) is 5.11 Å². The molecule has 4 heterocycles. The Morgan fingerprint density at radius 2 is 1.87 bits per heavy atom. The number of rotatable bonds is 2. The molecule has 2 N–H and O–H groups in total. The summed E-state index contributed by atoms with van der Waals surface area (Å²) in [4.78, 5) is 16.3. The molecule has 23 heavy (non-hydrogen) atoms. The number of likely N-dealkylation sites (N-methyl/N-ethyl adjacent to an activating group) is 1. The highest BCUT2D eigenvalue weighted by Crippen LogP contribution is 2.29. The monoisotopic (exact) mass is 318 g/mol. The summed E-state index contributed by atoms with van der Waals surface area (Å²) in [6.07, 6.45) is -0.307. The summed E-state index contributed by atoms with van der Waals surface area (Å²) in [6.45, 7) is 9.36. The number of nitrogens with zero attached hydrogens (tertiary/aromatic N) is 5. The Morgan fingerprint density at radius 3 is 2.65 bits per heavy atom. The van der Waals surface area contributed by atoms with Crippen molar-refractivity contribution in [3.63, 3.8) is 0 Å². The molecular formula is C16H26N6O. The number of hydrogen-bond donors (Lipinski definition) is 2. The number of anilines is 1. The van der Waals surface area contributed by atoms with Crippen molar-refractivity contribution in [2.45, 2.75) is 32.2 Å². The van der Waals surface area contributed by atoms with Crippen molar-refractivity contribution in [1.82, 2.24) is 25.1 Å². The molecule has 2 fully saturated rings. The van der Waals surface area contributed by atoms with Crippen molar-refractivity contribution in [2.24, 2.45) is 0 Å². The molecule has 1 aromatic heterocycles. The van der Waals surface area contributed by atoms with Crippen molar-refractivity contribution >= 4 is 5.82 Å². The molecule has 4 rings (SSSR count). The van der Waals surface area contributed by atoms with Gasteiger partial charge in [0, 0.05) is 57.9 Å². The van der Waals surface area contributed by atoms with Crippen LogP contribution >= 0.6 is 0 Å². The van der Waals surface area contributed by atoms with Gasteiger partial charge in [0.2, 0.25) is 0 Å². The third-order valence-electron chi connectivity index (χ3n) is 5.34. The van der Waals surface area contributed by atoms with Gasteiger partial charge in [-0.25, -0.2) is 9.97 Å². The summed E-state index contributed by atoms with van der Waals surface area (Å²) in [6, 6.07) is 0.212. The number of nitrogens with one attached hydrogen (secondary N) is 1. The summed E-state index contributed by atoms with van der Waals surface area (Å²) in [5.74, 6) is 1.84. The maximum Gasteiger partial charge on any atom is 0.137 e. The highest BCUT2D eigenvalue weighted by Gasteiger charge is 2.38. The number of hydrogen-bond acceptors (Lipinski definition) is 7. The molecule has 126 valence electrons. The van der Waals surface area contributed by atoms with E-state index in [0.717, 1.165) is 63.1 Å². The predicted octanol–water partition coefficient (Wildman–Crippen LogP) is -0.815. The van der Waals surface area contributed by atoms with Gasteiger partial charge in [0.05, 0.1) is 17.8 Å². The number of aliphatic hydroxyl groups is 1. The standard InChI is InChI=1S/C16H26N6O/c1-11-18-13-8-17-7-12(13)16(19-11)22-9-14(15(23)10-22)21-5-3-20(2)4-6-21/h14-15,17,23H,3-10H2,1-2H3/t14-,15-/m0/s1. The molecule has 2 saturated heterocycles. The van der Waals surface area contributed by atoms with Crippen molar-refractivity contribution in [3.8, 4) is 0 Å². The Labute approximate surface area is 137 Å². The van der Waals surface area contributed by atoms with E-state index in [0.29, 0.717) is 6.54 Å². The minimum atomic E-state index is -0.307. The second-order valence-corrected chi connectivity index (χ2v) is 7.00. The van der Waals surface area contributed by atoms with Gasteiger partial charge >= 0.3 is 0 Å². The Kier molecular flexibility index (Phi) is 3.96. The number of fused-ring (bicyclic) bond motifs is 1. The fourth-order valence-corrected chi connectivity index (χ4v) is 3.99. The van der Waals surface area contributed by atoms with Gasteiger partial charge in [-0.2, -0.15) is 0 Å². The lowest BCUT2D eigenvalue weighted by molar-refractivity contribution is 0.0512. The number of aryl methyl sites for hydroxylation is 1. The molecular weight excluding hydrogens is 292 g/mol. The summed E-state index contributed by atoms with van der Waals surface area (Å²) in [7, 11) is 2.16. The van der Waals surface area contributed by atoms with Crippen LogP contribution in [0.1, 0.15) is 17.1 Å². The molecule has 1 aromatic rings. The van der Waals surface area contributed by atoms with Crippen molar-refractivity contribution in [3.05, 3.63) is 17.1 Å². The maximum atomic E-state index is 10.6. The van der Waals surface area contributed by atoms with Crippen LogP contribution in [-0.4, -0.2) is 83.3 Å². The highest BCUT2D eigenvalue weighted by atomic mass is 16.3. The average Bonchev–Trinajstić information content (AvgIpc) is 3.14. The van der Waals surface area contributed by atoms with E-state index in [1.54, 1.807) is 0 Å². The molecule has 0 amide bonds. The van der Waals surface area contributed by atoms with Crippen LogP contribution in [-0.2, 0) is 13.1 Å². The zero-order valence-electron chi connectivity index (χ0n) is 14.0. The molecule has 3 aliphatic rings. The molecule has 3 aliphatic heterocycles. The molecule has 0 saturated carbocycles. The first kappa shape index (κ1) is 15.3. The van der Waals surface area contributed by atoms with Gasteiger partial charge < -0.3 is 20.2 Å². The Morgan fingerprint density at radius 1 is 1.09 bits per heavy atom. The van der Waals surface area contributed by atoms with Gasteiger partial charge in [-0.3, -0.25) is 4.90 Å². The number of aromatic nitrogens is 2. The maximum absolute atomic E-state index is 10.6. The van der Waals surface area contributed by atoms with Crippen LogP contribution in [0.5, 0.6) is 0 Å². The van der Waals surface area contributed by atoms with Crippen LogP contribution in [0.4, 0.5) is 5.82 Å². The van der Waals surface area contributed by atoms with Crippen LogP contribution in [0.15, 0.2) is 0 Å². The minimum Gasteiger partial charge on any atom is -0.390 e. The molecule has 0 spiro atoms. The van der Waals surface area contributed by atoms with Crippen molar-refractivity contribution < 1.29 is 5.11 Å². The zero-order chi connectivity index (χ0) is 16.0. The second-order valence-electron chi connectivity index (χ2n) is 7.00. The van der Waals surface area contributed by atoms with Crippen LogP contribution in [0.25, 0.3) is 0 Å². The number of piperazine rings is 1. The normalized spacial score (nSPS) is 29.3. The smallest absolute Gasteiger partial charge is 0.137 e. The van der Waals surface area contributed by atoms with E-state index in [2.05, 4.69) is 37.0 Å². The van der Waals surface area contributed by atoms with Crippen molar-refractivity contribution in [2.75, 3.05) is 51.2 Å². The molecule has 0 bridgehead atoms. The lowest BCUT2D eigenvalue weighted by atomic mass is 10.1. The quantitative estimate of drug-likeness (QED) is 0.739. The SMILES string of the molecule is Cc1nc2c(c(N3C[C@H](O)[C@@H](N4CCN(C)CC4)C3)n1)CNC2. The van der Waals surface area contributed by atoms with Gasteiger partial charge in [0.1, 0.15) is 11.6 Å². The summed E-state index contributed by atoms with van der Waals surface area (Å²) in [5, 5.41) is 14.0. The largest absolute Gasteiger partial charge is 0.390 e. The average molecular weight is 318 g/mol. The molecule has 2 atom stereocenters. The third-order valence-corrected chi connectivity index (χ3v) is 5.34. The fraction of sp³-hybridized carbons (Fsp3) is 0.750. The van der Waals surface area contributed by atoms with E-state index >= 15 is 0 Å². The third kappa shape index (κ3) is 2.82. The Bertz CT molecular complexity index is 586. The zero-order valence-corrected chi connectivity index (χ0v) is 14.0. The first-order valence-electron chi connectivity index (χ1n) is 8.54. The van der Waals surface area contributed by atoms with Gasteiger partial charge in [-0.05, 0) is 14.0 Å². The van der Waals surface area contributed by atoms with Crippen LogP contribution in [0.3, 0.4) is 0 Å². The molecule has 0 aliphatic carbocycles. The Hall–Kier alpha value is -1.28. The minimum absolute atomic E-state index is 0.212. The summed E-state index contributed by atoms with van der Waals surface area (Å²) < 4.78 is 0. The molecule has 0 aromatic carbocycles. The Balaban J connectivity index is 1.54. The van der Waals surface area contributed by atoms with Crippen molar-refractivity contribution in [1.29, 1.82) is 0 Å². The molecule has 7 heteroatoms. The number of β-amino-alcohol motifs (C(OH)–C–C–N with tert-alkyl or cyclic N) is 1. The predicted molar refractivity (Wildman–Crippen MR) is 88.4 cm³/mol. The first-order valence-corrected chi connectivity index (χ1v) is 8.54. The van der Waals surface area contributed by atoms with Gasteiger partial charge in [0.25, 0.3) is 0 Å². The van der Waals surface area contributed by atoms with E-state index in [1.165, 1.54) is 5.56 Å². The van der Waals surface area contributed by atoms with E-state index < -0.39 is 0 Å². The van der Waals surface area contributed by atoms with Crippen LogP contribution < -0.4 is 10.2 Å². The van der Waals surface area contributed by atoms with Gasteiger partial charge in [-0.15, -0.1) is 0 Å². The van der Waals surface area contributed by atoms with E-state index in [-0.39, 0.29) is 12.1 Å². The van der Waals surface area contributed by atoms with Gasteiger partial charge in [-0.1, -0.05) is 0 Å². The summed E-state index contributed by atoms with van der Waals surface area (Å²) >= 11 is 0.